The average molecular weight is 483 g/mol. The fourth-order valence-electron chi connectivity index (χ4n) is 4.25. The van der Waals surface area contributed by atoms with Crippen molar-refractivity contribution >= 4 is 40.5 Å². The molecule has 1 aliphatic rings. The quantitative estimate of drug-likeness (QED) is 0.310. The van der Waals surface area contributed by atoms with E-state index in [-0.39, 0.29) is 11.5 Å². The fraction of sp³-hybridized carbons (Fsp3) is 0.107. The second-order valence-electron chi connectivity index (χ2n) is 8.65. The number of hydrogen-bond donors (Lipinski definition) is 2. The van der Waals surface area contributed by atoms with Crippen LogP contribution in [-0.4, -0.2) is 33.9 Å². The summed E-state index contributed by atoms with van der Waals surface area (Å²) in [6.45, 7) is 2.01. The Bertz CT molecular complexity index is 1520. The van der Waals surface area contributed by atoms with Crippen molar-refractivity contribution in [3.8, 4) is 0 Å². The zero-order valence-electron chi connectivity index (χ0n) is 19.5. The van der Waals surface area contributed by atoms with Crippen LogP contribution in [0.15, 0.2) is 84.7 Å². The molecule has 1 aromatic heterocycles. The molecule has 1 fully saturated rings. The largest absolute Gasteiger partial charge is 0.342 e. The number of anilines is 1. The number of halogens is 1. The first-order chi connectivity index (χ1) is 17.4. The molecule has 0 bridgehead atoms. The number of fused-ring (bicyclic) bond motifs is 1. The standard InChI is InChI=1S/C28H23FN4O3/c1-18-5-4-6-22(13-18)30-26(34)17-33-27(35)24(31-28(33)36)14-20-16-32(25-8-3-2-7-23(20)25)15-19-9-11-21(29)12-10-19/h2-14,16H,15,17H2,1H3,(H,30,34)(H,31,36)/b24-14+. The SMILES string of the molecule is Cc1cccc(NC(=O)CN2C(=O)N/C(=C/c3cn(Cc4ccc(F)cc4)c4ccccc34)C2=O)c1. The highest BCUT2D eigenvalue weighted by Crippen LogP contribution is 2.26. The van der Waals surface area contributed by atoms with Gasteiger partial charge >= 0.3 is 6.03 Å². The Balaban J connectivity index is 1.37. The van der Waals surface area contributed by atoms with Crippen molar-refractivity contribution in [3.63, 3.8) is 0 Å². The number of nitrogens with zero attached hydrogens (tertiary/aromatic N) is 2. The molecule has 7 nitrogen and oxygen atoms in total. The average Bonchev–Trinajstić information content (AvgIpc) is 3.32. The van der Waals surface area contributed by atoms with Crippen LogP contribution in [0.3, 0.4) is 0 Å². The number of rotatable bonds is 6. The van der Waals surface area contributed by atoms with Crippen LogP contribution >= 0.6 is 0 Å². The number of benzene rings is 3. The number of amides is 4. The zero-order valence-corrected chi connectivity index (χ0v) is 19.5. The van der Waals surface area contributed by atoms with Crippen LogP contribution in [0, 0.1) is 12.7 Å². The van der Waals surface area contributed by atoms with Gasteiger partial charge in [0.2, 0.25) is 5.91 Å². The van der Waals surface area contributed by atoms with Crippen LogP contribution in [0.4, 0.5) is 14.9 Å². The fourth-order valence-corrected chi connectivity index (χ4v) is 4.25. The molecule has 5 rings (SSSR count). The second-order valence-corrected chi connectivity index (χ2v) is 8.65. The van der Waals surface area contributed by atoms with Crippen LogP contribution in [0.1, 0.15) is 16.7 Å². The minimum Gasteiger partial charge on any atom is -0.342 e. The first-order valence-electron chi connectivity index (χ1n) is 11.4. The van der Waals surface area contributed by atoms with Gasteiger partial charge in [-0.2, -0.15) is 0 Å². The van der Waals surface area contributed by atoms with E-state index < -0.39 is 24.4 Å². The van der Waals surface area contributed by atoms with E-state index in [1.165, 1.54) is 12.1 Å². The Hall–Kier alpha value is -4.72. The van der Waals surface area contributed by atoms with E-state index in [0.717, 1.165) is 32.5 Å². The third kappa shape index (κ3) is 4.74. The van der Waals surface area contributed by atoms with Crippen molar-refractivity contribution in [1.82, 2.24) is 14.8 Å². The molecule has 0 unspecified atom stereocenters. The van der Waals surface area contributed by atoms with Crippen molar-refractivity contribution in [2.45, 2.75) is 13.5 Å². The first kappa shape index (κ1) is 23.0. The molecule has 36 heavy (non-hydrogen) atoms. The van der Waals surface area contributed by atoms with Crippen molar-refractivity contribution in [2.75, 3.05) is 11.9 Å². The molecule has 0 aliphatic carbocycles. The monoisotopic (exact) mass is 482 g/mol. The molecule has 0 saturated carbocycles. The maximum Gasteiger partial charge on any atom is 0.329 e. The van der Waals surface area contributed by atoms with Gasteiger partial charge in [-0.1, -0.05) is 42.5 Å². The van der Waals surface area contributed by atoms with Gasteiger partial charge in [0.1, 0.15) is 18.1 Å². The first-order valence-corrected chi connectivity index (χ1v) is 11.4. The summed E-state index contributed by atoms with van der Waals surface area (Å²) in [7, 11) is 0. The normalized spacial score (nSPS) is 14.5. The van der Waals surface area contributed by atoms with Crippen LogP contribution in [0.2, 0.25) is 0 Å². The number of imide groups is 1. The van der Waals surface area contributed by atoms with Crippen molar-refractivity contribution < 1.29 is 18.8 Å². The van der Waals surface area contributed by atoms with Crippen molar-refractivity contribution in [1.29, 1.82) is 0 Å². The lowest BCUT2D eigenvalue weighted by Crippen LogP contribution is -2.38. The summed E-state index contributed by atoms with van der Waals surface area (Å²) in [5.41, 5.74) is 4.26. The van der Waals surface area contributed by atoms with Gasteiger partial charge in [-0.25, -0.2) is 14.1 Å². The lowest BCUT2D eigenvalue weighted by atomic mass is 10.1. The zero-order chi connectivity index (χ0) is 25.2. The highest BCUT2D eigenvalue weighted by Gasteiger charge is 2.35. The Morgan fingerprint density at radius 2 is 1.81 bits per heavy atom. The van der Waals surface area contributed by atoms with Gasteiger partial charge in [-0.3, -0.25) is 9.59 Å². The summed E-state index contributed by atoms with van der Waals surface area (Å²) in [5.74, 6) is -1.34. The maximum absolute atomic E-state index is 13.3. The number of aromatic nitrogens is 1. The topological polar surface area (TPSA) is 83.4 Å². The van der Waals surface area contributed by atoms with Gasteiger partial charge < -0.3 is 15.2 Å². The van der Waals surface area contributed by atoms with Crippen molar-refractivity contribution in [2.24, 2.45) is 0 Å². The van der Waals surface area contributed by atoms with E-state index >= 15 is 0 Å². The van der Waals surface area contributed by atoms with Crippen LogP contribution < -0.4 is 10.6 Å². The molecule has 0 atom stereocenters. The predicted molar refractivity (Wildman–Crippen MR) is 135 cm³/mol. The molecule has 0 radical (unpaired) electrons. The Kier molecular flexibility index (Phi) is 6.08. The highest BCUT2D eigenvalue weighted by molar-refractivity contribution is 6.16. The van der Waals surface area contributed by atoms with Gasteiger partial charge in [0.05, 0.1) is 0 Å². The number of para-hydroxylation sites is 1. The van der Waals surface area contributed by atoms with E-state index in [2.05, 4.69) is 10.6 Å². The lowest BCUT2D eigenvalue weighted by Gasteiger charge is -2.12. The number of carbonyl (C=O) groups is 3. The summed E-state index contributed by atoms with van der Waals surface area (Å²) in [6, 6.07) is 20.6. The van der Waals surface area contributed by atoms with Gasteiger partial charge in [-0.15, -0.1) is 0 Å². The molecule has 0 spiro atoms. The Morgan fingerprint density at radius 1 is 1.03 bits per heavy atom. The predicted octanol–water partition coefficient (Wildman–Crippen LogP) is 4.67. The third-order valence-corrected chi connectivity index (χ3v) is 5.95. The van der Waals surface area contributed by atoms with Gasteiger partial charge in [0.25, 0.3) is 5.91 Å². The molecule has 1 aliphatic heterocycles. The molecular weight excluding hydrogens is 459 g/mol. The second kappa shape index (κ2) is 9.50. The third-order valence-electron chi connectivity index (χ3n) is 5.95. The molecular formula is C28H23FN4O3. The van der Waals surface area contributed by atoms with Crippen LogP contribution in [-0.2, 0) is 16.1 Å². The highest BCUT2D eigenvalue weighted by atomic mass is 19.1. The molecule has 2 N–H and O–H groups in total. The summed E-state index contributed by atoms with van der Waals surface area (Å²) >= 11 is 0. The van der Waals surface area contributed by atoms with Gasteiger partial charge in [0.15, 0.2) is 0 Å². The van der Waals surface area contributed by atoms with Crippen LogP contribution in [0.25, 0.3) is 17.0 Å². The molecule has 3 aromatic carbocycles. The number of hydrogen-bond acceptors (Lipinski definition) is 3. The van der Waals surface area contributed by atoms with Gasteiger partial charge in [-0.05, 0) is 54.5 Å². The maximum atomic E-state index is 13.3. The minimum absolute atomic E-state index is 0.0908. The van der Waals surface area contributed by atoms with E-state index in [9.17, 15) is 18.8 Å². The number of urea groups is 1. The molecule has 1 saturated heterocycles. The molecule has 8 heteroatoms. The summed E-state index contributed by atoms with van der Waals surface area (Å²) in [4.78, 5) is 38.8. The number of aryl methyl sites for hydroxylation is 1. The molecule has 180 valence electrons. The minimum atomic E-state index is -0.652. The van der Waals surface area contributed by atoms with E-state index in [4.69, 9.17) is 0 Å². The number of carbonyl (C=O) groups excluding carboxylic acids is 3. The lowest BCUT2D eigenvalue weighted by molar-refractivity contribution is -0.127. The smallest absolute Gasteiger partial charge is 0.329 e. The number of nitrogens with one attached hydrogen (secondary N) is 2. The van der Waals surface area contributed by atoms with E-state index in [1.807, 2.05) is 54.1 Å². The molecule has 4 amide bonds. The van der Waals surface area contributed by atoms with E-state index in [0.29, 0.717) is 12.2 Å². The van der Waals surface area contributed by atoms with Gasteiger partial charge in [0, 0.05) is 34.9 Å². The molecule has 2 heterocycles. The Morgan fingerprint density at radius 3 is 2.58 bits per heavy atom. The Labute approximate surface area is 206 Å². The van der Waals surface area contributed by atoms with Crippen molar-refractivity contribution in [3.05, 3.63) is 107 Å². The molecule has 4 aromatic rings. The van der Waals surface area contributed by atoms with Crippen LogP contribution in [0.5, 0.6) is 0 Å². The van der Waals surface area contributed by atoms with E-state index in [1.54, 1.807) is 30.3 Å². The summed E-state index contributed by atoms with van der Waals surface area (Å²) < 4.78 is 15.3. The summed E-state index contributed by atoms with van der Waals surface area (Å²) in [5, 5.41) is 6.18. The summed E-state index contributed by atoms with van der Waals surface area (Å²) in [6.07, 6.45) is 3.50.